The van der Waals surface area contributed by atoms with Crippen LogP contribution in [0.3, 0.4) is 0 Å². The van der Waals surface area contributed by atoms with Crippen LogP contribution < -0.4 is 15.5 Å². The molecule has 154 valence electrons. The van der Waals surface area contributed by atoms with Gasteiger partial charge in [0.15, 0.2) is 0 Å². The Morgan fingerprint density at radius 1 is 1.17 bits per heavy atom. The second-order valence-corrected chi connectivity index (χ2v) is 5.97. The number of carboxylic acids is 2. The van der Waals surface area contributed by atoms with Crippen LogP contribution in [-0.2, 0) is 16.1 Å². The predicted molar refractivity (Wildman–Crippen MR) is 105 cm³/mol. The summed E-state index contributed by atoms with van der Waals surface area (Å²) in [5.74, 6) is -1.25. The highest BCUT2D eigenvalue weighted by Crippen LogP contribution is 2.13. The number of nitrogens with zero attached hydrogens (tertiary/aromatic N) is 3. The third-order valence-electron chi connectivity index (χ3n) is 3.77. The van der Waals surface area contributed by atoms with Gasteiger partial charge >= 0.3 is 11.9 Å². The van der Waals surface area contributed by atoms with Gasteiger partial charge in [-0.15, -0.1) is 0 Å². The van der Waals surface area contributed by atoms with Crippen molar-refractivity contribution >= 4 is 23.7 Å². The lowest BCUT2D eigenvalue weighted by Gasteiger charge is -2.27. The summed E-state index contributed by atoms with van der Waals surface area (Å²) in [5.41, 5.74) is 0.886. The van der Waals surface area contributed by atoms with Gasteiger partial charge in [-0.1, -0.05) is 12.1 Å². The zero-order valence-electron chi connectivity index (χ0n) is 15.6. The molecule has 2 heterocycles. The summed E-state index contributed by atoms with van der Waals surface area (Å²) in [6.07, 6.45) is 2.86. The van der Waals surface area contributed by atoms with Crippen molar-refractivity contribution in [2.45, 2.75) is 6.54 Å². The summed E-state index contributed by atoms with van der Waals surface area (Å²) in [6.45, 7) is 4.26. The number of hydrogen-bond acceptors (Lipinski definition) is 7. The van der Waals surface area contributed by atoms with Gasteiger partial charge < -0.3 is 25.7 Å². The molecule has 1 saturated heterocycles. The fourth-order valence-corrected chi connectivity index (χ4v) is 2.45. The number of aliphatic carboxylic acids is 2. The van der Waals surface area contributed by atoms with Crippen molar-refractivity contribution in [3.05, 3.63) is 60.1 Å². The molecule has 9 nitrogen and oxygen atoms in total. The van der Waals surface area contributed by atoms with Crippen LogP contribution >= 0.6 is 0 Å². The van der Waals surface area contributed by atoms with Crippen molar-refractivity contribution in [1.29, 1.82) is 0 Å². The van der Waals surface area contributed by atoms with Gasteiger partial charge in [0, 0.05) is 51.1 Å². The fraction of sp³-hybridized carbons (Fsp3) is 0.263. The molecule has 1 aromatic heterocycles. The molecule has 2 aromatic rings. The average molecular weight is 403 g/mol. The van der Waals surface area contributed by atoms with Crippen LogP contribution in [0.25, 0.3) is 0 Å². The maximum atomic E-state index is 13.1. The first-order chi connectivity index (χ1) is 13.9. The van der Waals surface area contributed by atoms with E-state index in [1.165, 1.54) is 12.1 Å². The van der Waals surface area contributed by atoms with Crippen LogP contribution in [0.1, 0.15) is 5.56 Å². The molecule has 0 aliphatic carbocycles. The molecule has 3 rings (SSSR count). The zero-order valence-corrected chi connectivity index (χ0v) is 15.6. The summed E-state index contributed by atoms with van der Waals surface area (Å²) in [4.78, 5) is 30.1. The Bertz CT molecular complexity index is 840. The largest absolute Gasteiger partial charge is 0.478 e. The lowest BCUT2D eigenvalue weighted by atomic mass is 10.2. The minimum Gasteiger partial charge on any atom is -0.478 e. The lowest BCUT2D eigenvalue weighted by molar-refractivity contribution is -0.134. The van der Waals surface area contributed by atoms with E-state index in [0.717, 1.165) is 43.5 Å². The van der Waals surface area contributed by atoms with Gasteiger partial charge in [0.2, 0.25) is 5.95 Å². The van der Waals surface area contributed by atoms with Crippen molar-refractivity contribution in [3.8, 4) is 0 Å². The molecule has 0 saturated carbocycles. The summed E-state index contributed by atoms with van der Waals surface area (Å²) in [6, 6.07) is 8.38. The van der Waals surface area contributed by atoms with Crippen LogP contribution in [0.4, 0.5) is 16.2 Å². The Hall–Kier alpha value is -3.53. The van der Waals surface area contributed by atoms with E-state index in [1.807, 2.05) is 12.1 Å². The third-order valence-corrected chi connectivity index (χ3v) is 3.77. The van der Waals surface area contributed by atoms with Gasteiger partial charge in [0.1, 0.15) is 11.6 Å². The first kappa shape index (κ1) is 21.8. The number of nitrogens with one attached hydrogen (secondary N) is 2. The van der Waals surface area contributed by atoms with Gasteiger partial charge in [-0.25, -0.2) is 19.0 Å². The Kier molecular flexibility index (Phi) is 8.51. The highest BCUT2D eigenvalue weighted by atomic mass is 19.1. The number of rotatable bonds is 6. The highest BCUT2D eigenvalue weighted by molar-refractivity contribution is 5.89. The molecule has 1 aliphatic rings. The van der Waals surface area contributed by atoms with E-state index in [0.29, 0.717) is 18.7 Å². The topological polar surface area (TPSA) is 128 Å². The van der Waals surface area contributed by atoms with Gasteiger partial charge in [-0.05, 0) is 23.8 Å². The van der Waals surface area contributed by atoms with E-state index in [2.05, 4.69) is 25.5 Å². The number of carbonyl (C=O) groups is 2. The molecule has 0 atom stereocenters. The molecule has 4 N–H and O–H groups in total. The molecule has 0 unspecified atom stereocenters. The quantitative estimate of drug-likeness (QED) is 0.528. The first-order valence-electron chi connectivity index (χ1n) is 8.85. The normalized spacial score (nSPS) is 13.5. The van der Waals surface area contributed by atoms with Gasteiger partial charge in [0.25, 0.3) is 0 Å². The van der Waals surface area contributed by atoms with Crippen LogP contribution in [0.2, 0.25) is 0 Å². The number of hydrogen-bond donors (Lipinski definition) is 4. The summed E-state index contributed by atoms with van der Waals surface area (Å²) < 4.78 is 13.1. The summed E-state index contributed by atoms with van der Waals surface area (Å²) >= 11 is 0. The Morgan fingerprint density at radius 3 is 2.48 bits per heavy atom. The first-order valence-corrected chi connectivity index (χ1v) is 8.85. The molecule has 29 heavy (non-hydrogen) atoms. The molecule has 0 bridgehead atoms. The van der Waals surface area contributed by atoms with Crippen molar-refractivity contribution in [2.75, 3.05) is 36.4 Å². The summed E-state index contributed by atoms with van der Waals surface area (Å²) in [7, 11) is 0. The minimum atomic E-state index is -1.26. The second kappa shape index (κ2) is 11.3. The van der Waals surface area contributed by atoms with E-state index < -0.39 is 11.9 Å². The maximum Gasteiger partial charge on any atom is 0.328 e. The Morgan fingerprint density at radius 2 is 1.86 bits per heavy atom. The fourth-order valence-electron chi connectivity index (χ4n) is 2.45. The third kappa shape index (κ3) is 8.35. The van der Waals surface area contributed by atoms with E-state index >= 15 is 0 Å². The lowest BCUT2D eigenvalue weighted by Crippen LogP contribution is -2.44. The summed E-state index contributed by atoms with van der Waals surface area (Å²) in [5, 5.41) is 22.1. The van der Waals surface area contributed by atoms with Crippen molar-refractivity contribution in [2.24, 2.45) is 0 Å². The SMILES string of the molecule is Fc1cccc(CNc2ccnc(N3CCNCC3)n2)c1.O=C(O)/C=C/C(=O)O. The van der Waals surface area contributed by atoms with Gasteiger partial charge in [-0.2, -0.15) is 4.98 Å². The van der Waals surface area contributed by atoms with E-state index in [4.69, 9.17) is 10.2 Å². The molecule has 0 amide bonds. The molecule has 1 aliphatic heterocycles. The molecule has 1 aromatic carbocycles. The monoisotopic (exact) mass is 403 g/mol. The number of benzene rings is 1. The van der Waals surface area contributed by atoms with Crippen LogP contribution in [0.5, 0.6) is 0 Å². The van der Waals surface area contributed by atoms with Crippen LogP contribution in [-0.4, -0.2) is 58.3 Å². The second-order valence-electron chi connectivity index (χ2n) is 5.97. The standard InChI is InChI=1S/C15H18FN5.C4H4O4/c16-13-3-1-2-12(10-13)11-19-14-4-5-18-15(20-14)21-8-6-17-7-9-21;5-3(6)1-2-4(7)8/h1-5,10,17H,6-9,11H2,(H,18,19,20);1-2H,(H,5,6)(H,7,8)/b;2-1+. The number of aromatic nitrogens is 2. The van der Waals surface area contributed by atoms with Crippen LogP contribution in [0, 0.1) is 5.82 Å². The van der Waals surface area contributed by atoms with Gasteiger partial charge in [-0.3, -0.25) is 0 Å². The average Bonchev–Trinajstić information content (AvgIpc) is 2.72. The van der Waals surface area contributed by atoms with Crippen LogP contribution in [0.15, 0.2) is 48.7 Å². The molecule has 0 radical (unpaired) electrons. The van der Waals surface area contributed by atoms with Crippen molar-refractivity contribution in [3.63, 3.8) is 0 Å². The Labute approximate surface area is 166 Å². The number of anilines is 2. The number of halogens is 1. The van der Waals surface area contributed by atoms with Gasteiger partial charge in [0.05, 0.1) is 0 Å². The maximum absolute atomic E-state index is 13.1. The molecule has 0 spiro atoms. The van der Waals surface area contributed by atoms with Crippen molar-refractivity contribution in [1.82, 2.24) is 15.3 Å². The van der Waals surface area contributed by atoms with Crippen molar-refractivity contribution < 1.29 is 24.2 Å². The highest BCUT2D eigenvalue weighted by Gasteiger charge is 2.13. The van der Waals surface area contributed by atoms with E-state index in [-0.39, 0.29) is 5.82 Å². The smallest absolute Gasteiger partial charge is 0.328 e. The molecule has 1 fully saturated rings. The van der Waals surface area contributed by atoms with E-state index in [1.54, 1.807) is 12.3 Å². The predicted octanol–water partition coefficient (Wildman–Crippen LogP) is 1.35. The molecular weight excluding hydrogens is 381 g/mol. The van der Waals surface area contributed by atoms with E-state index in [9.17, 15) is 14.0 Å². The number of piperazine rings is 1. The molecular formula is C19H22FN5O4. The Balaban J connectivity index is 0.000000321. The number of carboxylic acid groups (broad SMARTS) is 2. The molecule has 10 heteroatoms. The minimum absolute atomic E-state index is 0.224. The zero-order chi connectivity index (χ0) is 21.1.